The van der Waals surface area contributed by atoms with Gasteiger partial charge in [0, 0.05) is 17.1 Å². The summed E-state index contributed by atoms with van der Waals surface area (Å²) < 4.78 is 0. The van der Waals surface area contributed by atoms with E-state index in [1.54, 1.807) is 36.4 Å². The van der Waals surface area contributed by atoms with Crippen LogP contribution in [0.4, 0.5) is 0 Å². The summed E-state index contributed by atoms with van der Waals surface area (Å²) in [6.07, 6.45) is 0.696. The minimum absolute atomic E-state index is 0.128. The molecule has 1 atom stereocenters. The molecule has 24 heavy (non-hydrogen) atoms. The number of nitrogens with one attached hydrogen (secondary N) is 1. The maximum absolute atomic E-state index is 12.5. The lowest BCUT2D eigenvalue weighted by molar-refractivity contribution is 0.0636. The van der Waals surface area contributed by atoms with E-state index in [4.69, 9.17) is 11.6 Å². The third-order valence-electron chi connectivity index (χ3n) is 4.63. The second kappa shape index (κ2) is 5.61. The van der Waals surface area contributed by atoms with Gasteiger partial charge >= 0.3 is 0 Å². The number of fused-ring (bicyclic) bond motifs is 2. The third-order valence-corrected chi connectivity index (χ3v) is 4.99. The zero-order chi connectivity index (χ0) is 16.8. The molecule has 5 nitrogen and oxygen atoms in total. The lowest BCUT2D eigenvalue weighted by Crippen LogP contribution is -2.41. The molecule has 0 unspecified atom stereocenters. The third kappa shape index (κ3) is 2.20. The number of halogens is 1. The van der Waals surface area contributed by atoms with Crippen molar-refractivity contribution in [3.8, 4) is 5.75 Å². The van der Waals surface area contributed by atoms with Gasteiger partial charge in [-0.05, 0) is 42.8 Å². The first kappa shape index (κ1) is 15.2. The zero-order valence-electron chi connectivity index (χ0n) is 12.8. The van der Waals surface area contributed by atoms with Gasteiger partial charge in [-0.25, -0.2) is 0 Å². The number of hydrogen-bond donors (Lipinski definition) is 2. The molecule has 0 saturated heterocycles. The summed E-state index contributed by atoms with van der Waals surface area (Å²) in [5, 5.41) is 14.1. The molecule has 2 aliphatic rings. The molecule has 0 bridgehead atoms. The van der Waals surface area contributed by atoms with Crippen molar-refractivity contribution in [3.05, 3.63) is 63.7 Å². The fourth-order valence-electron chi connectivity index (χ4n) is 3.49. The van der Waals surface area contributed by atoms with E-state index in [2.05, 4.69) is 5.32 Å². The quantitative estimate of drug-likeness (QED) is 0.823. The molecule has 0 spiro atoms. The molecule has 0 saturated carbocycles. The highest BCUT2D eigenvalue weighted by atomic mass is 35.5. The van der Waals surface area contributed by atoms with Gasteiger partial charge in [0.05, 0.1) is 17.2 Å². The van der Waals surface area contributed by atoms with Crippen molar-refractivity contribution in [2.45, 2.75) is 12.5 Å². The number of carbonyl (C=O) groups excluding carboxylic acids is 2. The highest BCUT2D eigenvalue weighted by molar-refractivity contribution is 6.31. The number of carbonyl (C=O) groups is 2. The maximum Gasteiger partial charge on any atom is 0.261 e. The second-order valence-corrected chi connectivity index (χ2v) is 6.39. The van der Waals surface area contributed by atoms with Crippen LogP contribution in [-0.4, -0.2) is 34.9 Å². The molecule has 0 fully saturated rings. The van der Waals surface area contributed by atoms with Crippen molar-refractivity contribution in [2.24, 2.45) is 0 Å². The molecule has 122 valence electrons. The Morgan fingerprint density at radius 1 is 1.12 bits per heavy atom. The van der Waals surface area contributed by atoms with E-state index >= 15 is 0 Å². The summed E-state index contributed by atoms with van der Waals surface area (Å²) in [6.45, 7) is 0.831. The van der Waals surface area contributed by atoms with Crippen LogP contribution in [0.2, 0.25) is 5.02 Å². The highest BCUT2D eigenvalue weighted by Gasteiger charge is 2.38. The lowest BCUT2D eigenvalue weighted by atomic mass is 9.93. The molecule has 0 radical (unpaired) electrons. The van der Waals surface area contributed by atoms with E-state index in [1.165, 1.54) is 4.90 Å². The summed E-state index contributed by atoms with van der Waals surface area (Å²) in [7, 11) is 0. The van der Waals surface area contributed by atoms with Crippen LogP contribution in [-0.2, 0) is 6.42 Å². The van der Waals surface area contributed by atoms with Crippen LogP contribution in [0.15, 0.2) is 36.4 Å². The van der Waals surface area contributed by atoms with E-state index in [-0.39, 0.29) is 30.2 Å². The molecular weight excluding hydrogens is 328 g/mol. The first-order valence-electron chi connectivity index (χ1n) is 7.77. The standard InChI is InChI=1S/C18H15ClN2O3/c19-13-5-6-15(22)16-12(13)7-8-20-14(16)9-21-17(23)10-3-1-2-4-11(10)18(21)24/h1-6,14,20,22H,7-9H2/t14-/m1/s1. The van der Waals surface area contributed by atoms with E-state index in [1.807, 2.05) is 0 Å². The number of phenolic OH excluding ortho intramolecular Hbond substituents is 1. The Kier molecular flexibility index (Phi) is 3.55. The Hall–Kier alpha value is -2.37. The number of benzene rings is 2. The van der Waals surface area contributed by atoms with Crippen LogP contribution in [0.5, 0.6) is 5.75 Å². The van der Waals surface area contributed by atoms with Crippen molar-refractivity contribution in [1.82, 2.24) is 10.2 Å². The number of aromatic hydroxyl groups is 1. The van der Waals surface area contributed by atoms with Crippen molar-refractivity contribution in [1.29, 1.82) is 0 Å². The van der Waals surface area contributed by atoms with E-state index in [9.17, 15) is 14.7 Å². The van der Waals surface area contributed by atoms with Gasteiger partial charge in [0.1, 0.15) is 5.75 Å². The van der Waals surface area contributed by atoms with Gasteiger partial charge in [-0.15, -0.1) is 0 Å². The monoisotopic (exact) mass is 342 g/mol. The molecule has 2 amide bonds. The first-order chi connectivity index (χ1) is 11.6. The van der Waals surface area contributed by atoms with Gasteiger partial charge in [0.15, 0.2) is 0 Å². The SMILES string of the molecule is O=C1c2ccccc2C(=O)N1C[C@H]1NCCc2c(Cl)ccc(O)c21. The molecule has 0 aromatic heterocycles. The fraction of sp³-hybridized carbons (Fsp3) is 0.222. The molecule has 2 heterocycles. The summed E-state index contributed by atoms with van der Waals surface area (Å²) in [5.74, 6) is -0.472. The topological polar surface area (TPSA) is 69.6 Å². The van der Waals surface area contributed by atoms with Gasteiger partial charge in [-0.1, -0.05) is 23.7 Å². The summed E-state index contributed by atoms with van der Waals surface area (Å²) in [4.78, 5) is 26.3. The van der Waals surface area contributed by atoms with E-state index in [0.717, 1.165) is 5.56 Å². The number of phenols is 1. The fourth-order valence-corrected chi connectivity index (χ4v) is 3.74. The minimum Gasteiger partial charge on any atom is -0.508 e. The normalized spacial score (nSPS) is 19.4. The number of hydrogen-bond acceptors (Lipinski definition) is 4. The predicted molar refractivity (Wildman–Crippen MR) is 89.4 cm³/mol. The van der Waals surface area contributed by atoms with Gasteiger partial charge in [0.25, 0.3) is 11.8 Å². The van der Waals surface area contributed by atoms with Crippen LogP contribution >= 0.6 is 11.6 Å². The van der Waals surface area contributed by atoms with Crippen LogP contribution in [0, 0.1) is 0 Å². The maximum atomic E-state index is 12.5. The number of amides is 2. The predicted octanol–water partition coefficient (Wildman–Crippen LogP) is 2.53. The van der Waals surface area contributed by atoms with Crippen LogP contribution < -0.4 is 5.32 Å². The molecule has 2 aliphatic heterocycles. The van der Waals surface area contributed by atoms with Gasteiger partial charge < -0.3 is 10.4 Å². The van der Waals surface area contributed by atoms with Gasteiger partial charge in [-0.3, -0.25) is 14.5 Å². The smallest absolute Gasteiger partial charge is 0.261 e. The largest absolute Gasteiger partial charge is 0.508 e. The van der Waals surface area contributed by atoms with Gasteiger partial charge in [-0.2, -0.15) is 0 Å². The summed E-state index contributed by atoms with van der Waals surface area (Å²) in [5.41, 5.74) is 2.39. The Bertz CT molecular complexity index is 830. The van der Waals surface area contributed by atoms with Crippen LogP contribution in [0.3, 0.4) is 0 Å². The van der Waals surface area contributed by atoms with Crippen molar-refractivity contribution < 1.29 is 14.7 Å². The summed E-state index contributed by atoms with van der Waals surface area (Å²) in [6, 6.07) is 9.68. The molecule has 0 aliphatic carbocycles. The Morgan fingerprint density at radius 2 is 1.79 bits per heavy atom. The van der Waals surface area contributed by atoms with Crippen LogP contribution in [0.1, 0.15) is 37.9 Å². The number of imide groups is 1. The molecule has 6 heteroatoms. The van der Waals surface area contributed by atoms with Gasteiger partial charge in [0.2, 0.25) is 0 Å². The molecular formula is C18H15ClN2O3. The zero-order valence-corrected chi connectivity index (χ0v) is 13.5. The number of nitrogens with zero attached hydrogens (tertiary/aromatic N) is 1. The van der Waals surface area contributed by atoms with Crippen molar-refractivity contribution >= 4 is 23.4 Å². The van der Waals surface area contributed by atoms with E-state index in [0.29, 0.717) is 34.7 Å². The second-order valence-electron chi connectivity index (χ2n) is 5.98. The average molecular weight is 343 g/mol. The average Bonchev–Trinajstić information content (AvgIpc) is 2.84. The Balaban J connectivity index is 1.69. The number of rotatable bonds is 2. The summed E-state index contributed by atoms with van der Waals surface area (Å²) >= 11 is 6.24. The minimum atomic E-state index is -0.338. The molecule has 2 aromatic carbocycles. The van der Waals surface area contributed by atoms with Crippen molar-refractivity contribution in [2.75, 3.05) is 13.1 Å². The molecule has 2 aromatic rings. The van der Waals surface area contributed by atoms with Crippen molar-refractivity contribution in [3.63, 3.8) is 0 Å². The molecule has 4 rings (SSSR count). The molecule has 2 N–H and O–H groups in total. The van der Waals surface area contributed by atoms with Crippen LogP contribution in [0.25, 0.3) is 0 Å². The Labute approximate surface area is 143 Å². The first-order valence-corrected chi connectivity index (χ1v) is 8.14. The highest BCUT2D eigenvalue weighted by Crippen LogP contribution is 2.37. The van der Waals surface area contributed by atoms with E-state index < -0.39 is 0 Å². The Morgan fingerprint density at radius 3 is 2.46 bits per heavy atom. The lowest BCUT2D eigenvalue weighted by Gasteiger charge is -2.30.